The van der Waals surface area contributed by atoms with E-state index in [-0.39, 0.29) is 11.8 Å². The van der Waals surface area contributed by atoms with Gasteiger partial charge in [0.05, 0.1) is 13.0 Å². The molecule has 130 valence electrons. The summed E-state index contributed by atoms with van der Waals surface area (Å²) in [7, 11) is 0. The zero-order valence-electron chi connectivity index (χ0n) is 14.3. The molecule has 0 saturated carbocycles. The van der Waals surface area contributed by atoms with E-state index in [0.29, 0.717) is 19.4 Å². The maximum atomic E-state index is 12.2. The highest BCUT2D eigenvalue weighted by Gasteiger charge is 2.21. The van der Waals surface area contributed by atoms with E-state index in [2.05, 4.69) is 5.32 Å². The zero-order valence-corrected chi connectivity index (χ0v) is 14.3. The Morgan fingerprint density at radius 2 is 1.84 bits per heavy atom. The fourth-order valence-electron chi connectivity index (χ4n) is 2.91. The Hall–Kier alpha value is -2.82. The molecule has 1 fully saturated rings. The number of nitrogens with zero attached hydrogens (tertiary/aromatic N) is 1. The third kappa shape index (κ3) is 4.38. The summed E-state index contributed by atoms with van der Waals surface area (Å²) >= 11 is 0. The van der Waals surface area contributed by atoms with E-state index in [4.69, 9.17) is 4.74 Å². The highest BCUT2D eigenvalue weighted by atomic mass is 16.5. The van der Waals surface area contributed by atoms with Crippen LogP contribution in [0.2, 0.25) is 0 Å². The quantitative estimate of drug-likeness (QED) is 0.878. The van der Waals surface area contributed by atoms with Crippen LogP contribution < -0.4 is 15.0 Å². The zero-order chi connectivity index (χ0) is 17.6. The molecule has 3 rings (SSSR count). The largest absolute Gasteiger partial charge is 0.494 e. The molecule has 1 saturated heterocycles. The van der Waals surface area contributed by atoms with Crippen LogP contribution in [0.4, 0.5) is 11.4 Å². The molecule has 0 atom stereocenters. The summed E-state index contributed by atoms with van der Waals surface area (Å²) in [6, 6.07) is 14.9. The predicted octanol–water partition coefficient (Wildman–Crippen LogP) is 3.39. The number of ether oxygens (including phenoxy) is 1. The summed E-state index contributed by atoms with van der Waals surface area (Å²) in [5, 5.41) is 2.89. The van der Waals surface area contributed by atoms with Crippen LogP contribution in [-0.4, -0.2) is 25.0 Å². The van der Waals surface area contributed by atoms with Crippen molar-refractivity contribution in [2.24, 2.45) is 0 Å². The van der Waals surface area contributed by atoms with Crippen LogP contribution in [0.1, 0.15) is 25.3 Å². The molecule has 1 aliphatic rings. The van der Waals surface area contributed by atoms with E-state index < -0.39 is 0 Å². The third-order valence-corrected chi connectivity index (χ3v) is 4.14. The predicted molar refractivity (Wildman–Crippen MR) is 98.0 cm³/mol. The van der Waals surface area contributed by atoms with E-state index in [9.17, 15) is 9.59 Å². The number of rotatable bonds is 6. The van der Waals surface area contributed by atoms with Crippen LogP contribution in [0.15, 0.2) is 48.5 Å². The van der Waals surface area contributed by atoms with E-state index in [1.165, 1.54) is 0 Å². The second kappa shape index (κ2) is 7.83. The van der Waals surface area contributed by atoms with Gasteiger partial charge in [-0.05, 0) is 55.3 Å². The molecule has 5 nitrogen and oxygen atoms in total. The van der Waals surface area contributed by atoms with Crippen molar-refractivity contribution in [2.45, 2.75) is 26.2 Å². The summed E-state index contributed by atoms with van der Waals surface area (Å²) < 4.78 is 5.39. The molecular formula is C20H22N2O3. The van der Waals surface area contributed by atoms with Crippen LogP contribution in [0, 0.1) is 0 Å². The number of carbonyl (C=O) groups excluding carboxylic acids is 2. The lowest BCUT2D eigenvalue weighted by Crippen LogP contribution is -2.23. The van der Waals surface area contributed by atoms with Crippen molar-refractivity contribution in [3.8, 4) is 5.75 Å². The average Bonchev–Trinajstić information content (AvgIpc) is 3.03. The Kier molecular flexibility index (Phi) is 5.33. The van der Waals surface area contributed by atoms with Gasteiger partial charge in [-0.1, -0.05) is 12.1 Å². The molecule has 0 aromatic heterocycles. The first-order valence-corrected chi connectivity index (χ1v) is 8.57. The summed E-state index contributed by atoms with van der Waals surface area (Å²) in [6.45, 7) is 3.33. The molecule has 2 amide bonds. The van der Waals surface area contributed by atoms with Crippen molar-refractivity contribution in [3.63, 3.8) is 0 Å². The number of nitrogens with one attached hydrogen (secondary N) is 1. The van der Waals surface area contributed by atoms with E-state index in [0.717, 1.165) is 35.7 Å². The topological polar surface area (TPSA) is 58.6 Å². The molecule has 2 aromatic carbocycles. The molecule has 0 aliphatic carbocycles. The highest BCUT2D eigenvalue weighted by molar-refractivity contribution is 5.96. The third-order valence-electron chi connectivity index (χ3n) is 4.14. The SMILES string of the molecule is CCOc1ccc(CC(=O)Nc2ccc(N3CCCC3=O)cc2)cc1. The van der Waals surface area contributed by atoms with Gasteiger partial charge in [-0.3, -0.25) is 9.59 Å². The summed E-state index contributed by atoms with van der Waals surface area (Å²) in [5.74, 6) is 0.889. The van der Waals surface area contributed by atoms with Crippen LogP contribution >= 0.6 is 0 Å². The van der Waals surface area contributed by atoms with Gasteiger partial charge in [0.15, 0.2) is 0 Å². The number of amides is 2. The first-order valence-electron chi connectivity index (χ1n) is 8.57. The Bertz CT molecular complexity index is 739. The van der Waals surface area contributed by atoms with Crippen molar-refractivity contribution in [1.82, 2.24) is 0 Å². The molecule has 25 heavy (non-hydrogen) atoms. The van der Waals surface area contributed by atoms with Gasteiger partial charge in [0.25, 0.3) is 0 Å². The lowest BCUT2D eigenvalue weighted by atomic mass is 10.1. The van der Waals surface area contributed by atoms with Gasteiger partial charge in [-0.25, -0.2) is 0 Å². The van der Waals surface area contributed by atoms with Crippen molar-refractivity contribution in [3.05, 3.63) is 54.1 Å². The molecule has 1 aliphatic heterocycles. The lowest BCUT2D eigenvalue weighted by molar-refractivity contribution is -0.117. The fourth-order valence-corrected chi connectivity index (χ4v) is 2.91. The average molecular weight is 338 g/mol. The minimum atomic E-state index is -0.0749. The van der Waals surface area contributed by atoms with Crippen molar-refractivity contribution in [2.75, 3.05) is 23.4 Å². The molecule has 1 N–H and O–H groups in total. The number of carbonyl (C=O) groups is 2. The lowest BCUT2D eigenvalue weighted by Gasteiger charge is -2.16. The summed E-state index contributed by atoms with van der Waals surface area (Å²) in [5.41, 5.74) is 2.54. The molecule has 0 spiro atoms. The first-order chi connectivity index (χ1) is 12.2. The maximum Gasteiger partial charge on any atom is 0.228 e. The Labute approximate surface area is 147 Å². The fraction of sp³-hybridized carbons (Fsp3) is 0.300. The molecular weight excluding hydrogens is 316 g/mol. The Balaban J connectivity index is 1.56. The minimum Gasteiger partial charge on any atom is -0.494 e. The van der Waals surface area contributed by atoms with Crippen molar-refractivity contribution >= 4 is 23.2 Å². The summed E-state index contributed by atoms with van der Waals surface area (Å²) in [4.78, 5) is 25.7. The van der Waals surface area contributed by atoms with Crippen LogP contribution in [0.5, 0.6) is 5.75 Å². The van der Waals surface area contributed by atoms with E-state index >= 15 is 0 Å². The molecule has 2 aromatic rings. The van der Waals surface area contributed by atoms with Crippen molar-refractivity contribution in [1.29, 1.82) is 0 Å². The number of anilines is 2. The number of benzene rings is 2. The standard InChI is InChI=1S/C20H22N2O3/c1-2-25-18-11-5-15(6-12-18)14-19(23)21-16-7-9-17(10-8-16)22-13-3-4-20(22)24/h5-12H,2-4,13-14H2,1H3,(H,21,23). The van der Waals surface area contributed by atoms with E-state index in [1.54, 1.807) is 4.90 Å². The van der Waals surface area contributed by atoms with Gasteiger partial charge in [0, 0.05) is 24.3 Å². The number of hydrogen-bond acceptors (Lipinski definition) is 3. The normalized spacial score (nSPS) is 13.8. The van der Waals surface area contributed by atoms with Crippen LogP contribution in [0.3, 0.4) is 0 Å². The first kappa shape index (κ1) is 17.0. The van der Waals surface area contributed by atoms with Gasteiger partial charge < -0.3 is 15.0 Å². The molecule has 1 heterocycles. The molecule has 0 bridgehead atoms. The monoisotopic (exact) mass is 338 g/mol. The van der Waals surface area contributed by atoms with Crippen LogP contribution in [0.25, 0.3) is 0 Å². The van der Waals surface area contributed by atoms with Gasteiger partial charge in [0.1, 0.15) is 5.75 Å². The molecule has 5 heteroatoms. The summed E-state index contributed by atoms with van der Waals surface area (Å²) in [6.07, 6.45) is 1.82. The smallest absolute Gasteiger partial charge is 0.228 e. The highest BCUT2D eigenvalue weighted by Crippen LogP contribution is 2.23. The Morgan fingerprint density at radius 3 is 2.44 bits per heavy atom. The van der Waals surface area contributed by atoms with Gasteiger partial charge in [-0.2, -0.15) is 0 Å². The van der Waals surface area contributed by atoms with E-state index in [1.807, 2.05) is 55.5 Å². The van der Waals surface area contributed by atoms with Crippen molar-refractivity contribution < 1.29 is 14.3 Å². The maximum absolute atomic E-state index is 12.2. The van der Waals surface area contributed by atoms with Gasteiger partial charge in [0.2, 0.25) is 11.8 Å². The molecule has 0 radical (unpaired) electrons. The second-order valence-corrected chi connectivity index (χ2v) is 6.00. The molecule has 0 unspecified atom stereocenters. The number of hydrogen-bond donors (Lipinski definition) is 1. The van der Waals surface area contributed by atoms with Crippen LogP contribution in [-0.2, 0) is 16.0 Å². The Morgan fingerprint density at radius 1 is 1.12 bits per heavy atom. The van der Waals surface area contributed by atoms with Gasteiger partial charge >= 0.3 is 0 Å². The minimum absolute atomic E-state index is 0.0749. The van der Waals surface area contributed by atoms with Gasteiger partial charge in [-0.15, -0.1) is 0 Å². The second-order valence-electron chi connectivity index (χ2n) is 6.00.